The van der Waals surface area contributed by atoms with E-state index in [1.807, 2.05) is 36.1 Å². The zero-order valence-electron chi connectivity index (χ0n) is 13.2. The van der Waals surface area contributed by atoms with Crippen LogP contribution in [0.4, 0.5) is 0 Å². The highest BCUT2D eigenvalue weighted by Gasteiger charge is 2.28. The van der Waals surface area contributed by atoms with Gasteiger partial charge in [0.1, 0.15) is 0 Å². The summed E-state index contributed by atoms with van der Waals surface area (Å²) in [5.74, 6) is 2.10. The van der Waals surface area contributed by atoms with Crippen molar-refractivity contribution in [2.24, 2.45) is 5.92 Å². The molecule has 1 aromatic rings. The molecule has 4 heteroatoms. The number of hydrogen-bond donors (Lipinski definition) is 0. The molecule has 0 unspecified atom stereocenters. The zero-order chi connectivity index (χ0) is 15.2. The van der Waals surface area contributed by atoms with E-state index in [1.165, 1.54) is 0 Å². The molecular formula is C17H25NO3. The van der Waals surface area contributed by atoms with Gasteiger partial charge in [0.25, 0.3) is 5.91 Å². The maximum atomic E-state index is 12.6. The average molecular weight is 291 g/mol. The molecule has 0 saturated carbocycles. The first kappa shape index (κ1) is 15.7. The van der Waals surface area contributed by atoms with Crippen LogP contribution in [0.2, 0.25) is 0 Å². The van der Waals surface area contributed by atoms with Gasteiger partial charge in [-0.1, -0.05) is 26.0 Å². The molecule has 1 aliphatic rings. The van der Waals surface area contributed by atoms with Gasteiger partial charge in [0.05, 0.1) is 7.11 Å². The van der Waals surface area contributed by atoms with Gasteiger partial charge in [0.2, 0.25) is 0 Å². The summed E-state index contributed by atoms with van der Waals surface area (Å²) in [6, 6.07) is 7.46. The van der Waals surface area contributed by atoms with E-state index in [0.29, 0.717) is 23.8 Å². The molecule has 1 fully saturated rings. The molecule has 1 aliphatic heterocycles. The SMILES string of the molecule is CC[C@@H](Oc1ccccc1OC)C(=O)N1CCC(C)CC1. The van der Waals surface area contributed by atoms with Gasteiger partial charge in [-0.15, -0.1) is 0 Å². The highest BCUT2D eigenvalue weighted by Crippen LogP contribution is 2.28. The lowest BCUT2D eigenvalue weighted by molar-refractivity contribution is -0.140. The van der Waals surface area contributed by atoms with Crippen LogP contribution in [-0.2, 0) is 4.79 Å². The van der Waals surface area contributed by atoms with Crippen LogP contribution in [0.15, 0.2) is 24.3 Å². The lowest BCUT2D eigenvalue weighted by Gasteiger charge is -2.33. The number of hydrogen-bond acceptors (Lipinski definition) is 3. The van der Waals surface area contributed by atoms with Crippen molar-refractivity contribution < 1.29 is 14.3 Å². The lowest BCUT2D eigenvalue weighted by Crippen LogP contribution is -2.45. The Labute approximate surface area is 127 Å². The summed E-state index contributed by atoms with van der Waals surface area (Å²) in [5.41, 5.74) is 0. The summed E-state index contributed by atoms with van der Waals surface area (Å²) in [5, 5.41) is 0. The second-order valence-electron chi connectivity index (χ2n) is 5.67. The lowest BCUT2D eigenvalue weighted by atomic mass is 9.99. The third kappa shape index (κ3) is 3.90. The van der Waals surface area contributed by atoms with Gasteiger partial charge in [-0.05, 0) is 37.3 Å². The first-order valence-electron chi connectivity index (χ1n) is 7.74. The minimum Gasteiger partial charge on any atom is -0.493 e. The van der Waals surface area contributed by atoms with E-state index in [4.69, 9.17) is 9.47 Å². The number of ether oxygens (including phenoxy) is 2. The highest BCUT2D eigenvalue weighted by atomic mass is 16.5. The summed E-state index contributed by atoms with van der Waals surface area (Å²) in [6.07, 6.45) is 2.38. The van der Waals surface area contributed by atoms with Crippen LogP contribution >= 0.6 is 0 Å². The molecule has 1 amide bonds. The highest BCUT2D eigenvalue weighted by molar-refractivity contribution is 5.81. The Bertz CT molecular complexity index is 467. The van der Waals surface area contributed by atoms with Crippen LogP contribution in [0.3, 0.4) is 0 Å². The first-order chi connectivity index (χ1) is 10.2. The largest absolute Gasteiger partial charge is 0.493 e. The minimum absolute atomic E-state index is 0.0929. The standard InChI is InChI=1S/C17H25NO3/c1-4-14(17(19)18-11-9-13(2)10-12-18)21-16-8-6-5-7-15(16)20-3/h5-8,13-14H,4,9-12H2,1-3H3/t14-/m1/s1. The van der Waals surface area contributed by atoms with E-state index in [9.17, 15) is 4.79 Å². The zero-order valence-corrected chi connectivity index (χ0v) is 13.2. The van der Waals surface area contributed by atoms with Gasteiger partial charge in [-0.3, -0.25) is 4.79 Å². The molecular weight excluding hydrogens is 266 g/mol. The molecule has 1 atom stereocenters. The van der Waals surface area contributed by atoms with Crippen LogP contribution < -0.4 is 9.47 Å². The Balaban J connectivity index is 2.03. The molecule has 2 rings (SSSR count). The molecule has 0 N–H and O–H groups in total. The van der Waals surface area contributed by atoms with Crippen LogP contribution in [0.1, 0.15) is 33.1 Å². The normalized spacial score (nSPS) is 17.4. The van der Waals surface area contributed by atoms with Gasteiger partial charge < -0.3 is 14.4 Å². The van der Waals surface area contributed by atoms with Crippen molar-refractivity contribution in [3.63, 3.8) is 0 Å². The van der Waals surface area contributed by atoms with E-state index >= 15 is 0 Å². The fourth-order valence-corrected chi connectivity index (χ4v) is 2.61. The number of likely N-dealkylation sites (tertiary alicyclic amines) is 1. The van der Waals surface area contributed by atoms with Gasteiger partial charge in [0.15, 0.2) is 17.6 Å². The summed E-state index contributed by atoms with van der Waals surface area (Å²) in [7, 11) is 1.61. The number of para-hydroxylation sites is 2. The number of amides is 1. The molecule has 0 bridgehead atoms. The van der Waals surface area contributed by atoms with E-state index < -0.39 is 6.10 Å². The van der Waals surface area contributed by atoms with Crippen molar-refractivity contribution in [1.82, 2.24) is 4.90 Å². The quantitative estimate of drug-likeness (QED) is 0.836. The predicted octanol–water partition coefficient (Wildman–Crippen LogP) is 3.11. The van der Waals surface area contributed by atoms with Crippen molar-refractivity contribution in [3.8, 4) is 11.5 Å². The summed E-state index contributed by atoms with van der Waals surface area (Å²) < 4.78 is 11.2. The third-order valence-corrected chi connectivity index (χ3v) is 4.08. The van der Waals surface area contributed by atoms with Gasteiger partial charge in [-0.25, -0.2) is 0 Å². The molecule has 0 aliphatic carbocycles. The summed E-state index contributed by atoms with van der Waals surface area (Å²) in [4.78, 5) is 14.5. The monoisotopic (exact) mass is 291 g/mol. The topological polar surface area (TPSA) is 38.8 Å². The molecule has 0 radical (unpaired) electrons. The fourth-order valence-electron chi connectivity index (χ4n) is 2.61. The van der Waals surface area contributed by atoms with Crippen molar-refractivity contribution in [2.75, 3.05) is 20.2 Å². The number of carbonyl (C=O) groups is 1. The Hall–Kier alpha value is -1.71. The number of methoxy groups -OCH3 is 1. The molecule has 1 aromatic carbocycles. The first-order valence-corrected chi connectivity index (χ1v) is 7.74. The number of nitrogens with zero attached hydrogens (tertiary/aromatic N) is 1. The van der Waals surface area contributed by atoms with E-state index in [-0.39, 0.29) is 5.91 Å². The average Bonchev–Trinajstić information content (AvgIpc) is 2.53. The molecule has 4 nitrogen and oxygen atoms in total. The Morgan fingerprint density at radius 3 is 2.48 bits per heavy atom. The second-order valence-corrected chi connectivity index (χ2v) is 5.67. The molecule has 1 heterocycles. The molecule has 1 saturated heterocycles. The van der Waals surface area contributed by atoms with Crippen molar-refractivity contribution in [3.05, 3.63) is 24.3 Å². The maximum Gasteiger partial charge on any atom is 0.263 e. The maximum absolute atomic E-state index is 12.6. The molecule has 0 aromatic heterocycles. The predicted molar refractivity (Wildman–Crippen MR) is 82.7 cm³/mol. The molecule has 0 spiro atoms. The van der Waals surface area contributed by atoms with Crippen molar-refractivity contribution in [1.29, 1.82) is 0 Å². The minimum atomic E-state index is -0.435. The smallest absolute Gasteiger partial charge is 0.263 e. The van der Waals surface area contributed by atoms with Crippen LogP contribution in [0, 0.1) is 5.92 Å². The van der Waals surface area contributed by atoms with Crippen molar-refractivity contribution in [2.45, 2.75) is 39.2 Å². The molecule has 21 heavy (non-hydrogen) atoms. The van der Waals surface area contributed by atoms with Crippen LogP contribution in [0.5, 0.6) is 11.5 Å². The number of rotatable bonds is 5. The summed E-state index contributed by atoms with van der Waals surface area (Å²) >= 11 is 0. The Kier molecular flexibility index (Phi) is 5.48. The van der Waals surface area contributed by atoms with Gasteiger partial charge >= 0.3 is 0 Å². The Morgan fingerprint density at radius 2 is 1.90 bits per heavy atom. The number of benzene rings is 1. The third-order valence-electron chi connectivity index (χ3n) is 4.08. The van der Waals surface area contributed by atoms with E-state index in [1.54, 1.807) is 7.11 Å². The van der Waals surface area contributed by atoms with Crippen molar-refractivity contribution >= 4 is 5.91 Å². The van der Waals surface area contributed by atoms with E-state index in [0.717, 1.165) is 25.9 Å². The molecule has 116 valence electrons. The fraction of sp³-hybridized carbons (Fsp3) is 0.588. The van der Waals surface area contributed by atoms with E-state index in [2.05, 4.69) is 6.92 Å². The second kappa shape index (κ2) is 7.34. The van der Waals surface area contributed by atoms with Crippen LogP contribution in [-0.4, -0.2) is 37.1 Å². The number of carbonyl (C=O) groups excluding carboxylic acids is 1. The summed E-state index contributed by atoms with van der Waals surface area (Å²) in [6.45, 7) is 5.90. The van der Waals surface area contributed by atoms with Gasteiger partial charge in [0, 0.05) is 13.1 Å². The Morgan fingerprint density at radius 1 is 1.29 bits per heavy atom. The number of piperidine rings is 1. The van der Waals surface area contributed by atoms with Crippen LogP contribution in [0.25, 0.3) is 0 Å². The van der Waals surface area contributed by atoms with Gasteiger partial charge in [-0.2, -0.15) is 0 Å².